The van der Waals surface area contributed by atoms with E-state index in [1.165, 1.54) is 0 Å². The first-order chi connectivity index (χ1) is 12.2. The van der Waals surface area contributed by atoms with Crippen molar-refractivity contribution in [2.75, 3.05) is 38.2 Å². The van der Waals surface area contributed by atoms with E-state index >= 15 is 0 Å². The van der Waals surface area contributed by atoms with E-state index in [1.807, 2.05) is 19.1 Å². The fourth-order valence-electron chi connectivity index (χ4n) is 3.63. The van der Waals surface area contributed by atoms with E-state index in [4.69, 9.17) is 9.47 Å². The van der Waals surface area contributed by atoms with Crippen molar-refractivity contribution in [2.45, 2.75) is 32.0 Å². The van der Waals surface area contributed by atoms with E-state index in [1.54, 1.807) is 6.20 Å². The monoisotopic (exact) mass is 344 g/mol. The quantitative estimate of drug-likeness (QED) is 0.882. The highest BCUT2D eigenvalue weighted by molar-refractivity contribution is 5.97. The Balaban J connectivity index is 1.34. The second kappa shape index (κ2) is 7.11. The van der Waals surface area contributed by atoms with Gasteiger partial charge in [0.2, 0.25) is 0 Å². The molecule has 2 N–H and O–H groups in total. The largest absolute Gasteiger partial charge is 0.379 e. The Kier molecular flexibility index (Phi) is 4.70. The molecule has 7 nitrogen and oxygen atoms in total. The summed E-state index contributed by atoms with van der Waals surface area (Å²) in [4.78, 5) is 14.9. The number of morpholine rings is 1. The maximum absolute atomic E-state index is 12.5. The third-order valence-corrected chi connectivity index (χ3v) is 5.00. The van der Waals surface area contributed by atoms with Gasteiger partial charge in [0.15, 0.2) is 0 Å². The second-order valence-electron chi connectivity index (χ2n) is 6.85. The molecule has 2 fully saturated rings. The zero-order valence-corrected chi connectivity index (χ0v) is 14.5. The molecule has 0 saturated carbocycles. The summed E-state index contributed by atoms with van der Waals surface area (Å²) in [6.07, 6.45) is 3.25. The number of aromatic amines is 1. The molecule has 0 radical (unpaired) electrons. The molecule has 2 aromatic rings. The van der Waals surface area contributed by atoms with Crippen LogP contribution in [0.4, 0.5) is 5.69 Å². The van der Waals surface area contributed by atoms with Crippen LogP contribution in [0.5, 0.6) is 0 Å². The topological polar surface area (TPSA) is 79.5 Å². The van der Waals surface area contributed by atoms with Gasteiger partial charge in [0.25, 0.3) is 5.91 Å². The Morgan fingerprint density at radius 1 is 1.36 bits per heavy atom. The van der Waals surface area contributed by atoms with Crippen LogP contribution in [0.2, 0.25) is 0 Å². The molecule has 2 aliphatic rings. The predicted molar refractivity (Wildman–Crippen MR) is 94.6 cm³/mol. The zero-order valence-electron chi connectivity index (χ0n) is 14.5. The number of nitrogens with zero attached hydrogens (tertiary/aromatic N) is 2. The van der Waals surface area contributed by atoms with Crippen LogP contribution >= 0.6 is 0 Å². The average molecular weight is 344 g/mol. The lowest BCUT2D eigenvalue weighted by atomic mass is 10.1. The number of hydrogen-bond acceptors (Lipinski definition) is 5. The first kappa shape index (κ1) is 16.5. The first-order valence-corrected chi connectivity index (χ1v) is 8.89. The Bertz CT molecular complexity index is 754. The minimum atomic E-state index is -0.371. The normalized spacial score (nSPS) is 24.7. The van der Waals surface area contributed by atoms with Crippen LogP contribution in [0.15, 0.2) is 18.3 Å². The Hall–Kier alpha value is -1.96. The highest BCUT2D eigenvalue weighted by atomic mass is 16.5. The number of aryl methyl sites for hydroxylation is 1. The molecule has 25 heavy (non-hydrogen) atoms. The van der Waals surface area contributed by atoms with E-state index in [0.717, 1.165) is 67.8 Å². The molecule has 3 heterocycles. The number of amides is 1. The van der Waals surface area contributed by atoms with E-state index < -0.39 is 0 Å². The number of aromatic nitrogens is 2. The van der Waals surface area contributed by atoms with Gasteiger partial charge in [-0.15, -0.1) is 0 Å². The lowest BCUT2D eigenvalue weighted by Crippen LogP contribution is -2.41. The number of anilines is 1. The number of fused-ring (bicyclic) bond motifs is 1. The first-order valence-electron chi connectivity index (χ1n) is 8.89. The lowest BCUT2D eigenvalue weighted by molar-refractivity contribution is -0.127. The van der Waals surface area contributed by atoms with Gasteiger partial charge in [0.05, 0.1) is 31.0 Å². The molecule has 2 atom stereocenters. The van der Waals surface area contributed by atoms with Crippen molar-refractivity contribution in [2.24, 2.45) is 0 Å². The van der Waals surface area contributed by atoms with Crippen LogP contribution in [0, 0.1) is 6.92 Å². The molecule has 4 rings (SSSR count). The van der Waals surface area contributed by atoms with Crippen LogP contribution in [0.1, 0.15) is 18.4 Å². The third kappa shape index (κ3) is 3.68. The fraction of sp³-hybridized carbons (Fsp3) is 0.556. The van der Waals surface area contributed by atoms with Gasteiger partial charge in [-0.1, -0.05) is 0 Å². The molecule has 0 bridgehead atoms. The van der Waals surface area contributed by atoms with Crippen LogP contribution < -0.4 is 5.32 Å². The number of carbonyl (C=O) groups excluding carboxylic acids is 1. The van der Waals surface area contributed by atoms with E-state index in [2.05, 4.69) is 20.4 Å². The molecule has 0 aliphatic carbocycles. The van der Waals surface area contributed by atoms with Gasteiger partial charge in [-0.05, 0) is 37.5 Å². The van der Waals surface area contributed by atoms with Crippen molar-refractivity contribution in [1.82, 2.24) is 15.1 Å². The SMILES string of the molecule is Cc1cc(NC(=O)[C@@H]2CC[C@H](CN3CCOCC3)O2)cc2[nH]ncc12. The number of ether oxygens (including phenoxy) is 2. The summed E-state index contributed by atoms with van der Waals surface area (Å²) in [6, 6.07) is 3.88. The summed E-state index contributed by atoms with van der Waals surface area (Å²) in [5.41, 5.74) is 2.78. The molecular weight excluding hydrogens is 320 g/mol. The standard InChI is InChI=1S/C18H24N4O3/c1-12-8-13(9-16-15(12)10-19-21-16)20-18(23)17-3-2-14(25-17)11-22-4-6-24-7-5-22/h8-10,14,17H,2-7,11H2,1H3,(H,19,21)(H,20,23)/t14-,17+/m1/s1. The van der Waals surface area contributed by atoms with E-state index in [0.29, 0.717) is 0 Å². The van der Waals surface area contributed by atoms with Crippen molar-refractivity contribution in [1.29, 1.82) is 0 Å². The number of carbonyl (C=O) groups is 1. The second-order valence-corrected chi connectivity index (χ2v) is 6.85. The van der Waals surface area contributed by atoms with Gasteiger partial charge < -0.3 is 14.8 Å². The molecule has 2 aliphatic heterocycles. The van der Waals surface area contributed by atoms with E-state index in [9.17, 15) is 4.79 Å². The molecule has 2 saturated heterocycles. The van der Waals surface area contributed by atoms with Crippen molar-refractivity contribution in [3.63, 3.8) is 0 Å². The molecule has 1 aromatic carbocycles. The van der Waals surface area contributed by atoms with Gasteiger partial charge in [-0.2, -0.15) is 5.10 Å². The van der Waals surface area contributed by atoms with Crippen LogP contribution in [-0.4, -0.2) is 66.1 Å². The van der Waals surface area contributed by atoms with Crippen molar-refractivity contribution in [3.05, 3.63) is 23.9 Å². The fourth-order valence-corrected chi connectivity index (χ4v) is 3.63. The molecule has 7 heteroatoms. The smallest absolute Gasteiger partial charge is 0.253 e. The predicted octanol–water partition coefficient (Wildman–Crippen LogP) is 1.69. The Labute approximate surface area is 146 Å². The minimum absolute atomic E-state index is 0.0669. The summed E-state index contributed by atoms with van der Waals surface area (Å²) < 4.78 is 11.4. The van der Waals surface area contributed by atoms with Gasteiger partial charge in [-0.3, -0.25) is 14.8 Å². The number of hydrogen-bond donors (Lipinski definition) is 2. The van der Waals surface area contributed by atoms with Crippen LogP contribution in [-0.2, 0) is 14.3 Å². The van der Waals surface area contributed by atoms with Gasteiger partial charge in [0, 0.05) is 30.7 Å². The average Bonchev–Trinajstić information content (AvgIpc) is 3.25. The maximum Gasteiger partial charge on any atom is 0.253 e. The maximum atomic E-state index is 12.5. The van der Waals surface area contributed by atoms with Crippen molar-refractivity contribution in [3.8, 4) is 0 Å². The van der Waals surface area contributed by atoms with Gasteiger partial charge >= 0.3 is 0 Å². The number of rotatable bonds is 4. The van der Waals surface area contributed by atoms with E-state index in [-0.39, 0.29) is 18.1 Å². The third-order valence-electron chi connectivity index (χ3n) is 5.00. The van der Waals surface area contributed by atoms with Gasteiger partial charge in [0.1, 0.15) is 6.10 Å². The lowest BCUT2D eigenvalue weighted by Gasteiger charge is -2.28. The summed E-state index contributed by atoms with van der Waals surface area (Å²) in [7, 11) is 0. The number of benzene rings is 1. The molecule has 0 unspecified atom stereocenters. The highest BCUT2D eigenvalue weighted by Crippen LogP contribution is 2.25. The molecular formula is C18H24N4O3. The number of H-pyrrole nitrogens is 1. The van der Waals surface area contributed by atoms with Crippen molar-refractivity contribution < 1.29 is 14.3 Å². The molecule has 1 aromatic heterocycles. The summed E-state index contributed by atoms with van der Waals surface area (Å²) in [5.74, 6) is -0.0669. The zero-order chi connectivity index (χ0) is 17.2. The summed E-state index contributed by atoms with van der Waals surface area (Å²) >= 11 is 0. The minimum Gasteiger partial charge on any atom is -0.379 e. The van der Waals surface area contributed by atoms with Crippen LogP contribution in [0.25, 0.3) is 10.9 Å². The van der Waals surface area contributed by atoms with Gasteiger partial charge in [-0.25, -0.2) is 0 Å². The van der Waals surface area contributed by atoms with Crippen molar-refractivity contribution >= 4 is 22.5 Å². The highest BCUT2D eigenvalue weighted by Gasteiger charge is 2.32. The molecule has 0 spiro atoms. The molecule has 134 valence electrons. The van der Waals surface area contributed by atoms with Crippen LogP contribution in [0.3, 0.4) is 0 Å². The summed E-state index contributed by atoms with van der Waals surface area (Å²) in [6.45, 7) is 6.35. The Morgan fingerprint density at radius 3 is 3.04 bits per heavy atom. The molecule has 1 amide bonds. The number of nitrogens with one attached hydrogen (secondary N) is 2. The summed E-state index contributed by atoms with van der Waals surface area (Å²) in [5, 5.41) is 11.1. The Morgan fingerprint density at radius 2 is 2.20 bits per heavy atom.